The van der Waals surface area contributed by atoms with Gasteiger partial charge in [-0.2, -0.15) is 0 Å². The zero-order chi connectivity index (χ0) is 12.0. The highest BCUT2D eigenvalue weighted by molar-refractivity contribution is 5.26. The van der Waals surface area contributed by atoms with Gasteiger partial charge in [0.2, 0.25) is 0 Å². The largest absolute Gasteiger partial charge is 0.439 e. The molecule has 0 aliphatic rings. The third-order valence-electron chi connectivity index (χ3n) is 2.14. The second-order valence-electron chi connectivity index (χ2n) is 3.64. The molecule has 0 spiro atoms. The molecule has 3 heteroatoms. The molecule has 0 fully saturated rings. The van der Waals surface area contributed by atoms with Crippen molar-refractivity contribution in [3.8, 4) is 5.75 Å². The molecule has 0 amide bonds. The molecule has 0 atom stereocenters. The molecule has 0 aliphatic heterocycles. The number of hydrogen-bond donors (Lipinski definition) is 0. The number of aryl methyl sites for hydroxylation is 1. The maximum Gasteiger partial charge on any atom is 0.323 e. The molecule has 16 heavy (non-hydrogen) atoms. The van der Waals surface area contributed by atoms with Gasteiger partial charge in [0.25, 0.3) is 0 Å². The fourth-order valence-electron chi connectivity index (χ4n) is 1.45. The molecule has 0 aliphatic carbocycles. The van der Waals surface area contributed by atoms with Crippen LogP contribution in [0.25, 0.3) is 0 Å². The minimum atomic E-state index is -1.00. The summed E-state index contributed by atoms with van der Waals surface area (Å²) in [6, 6.07) is 7.80. The van der Waals surface area contributed by atoms with Crippen LogP contribution in [-0.2, 0) is 9.47 Å². The van der Waals surface area contributed by atoms with E-state index in [9.17, 15) is 0 Å². The smallest absolute Gasteiger partial charge is 0.323 e. The van der Waals surface area contributed by atoms with E-state index in [1.807, 2.05) is 45.0 Å². The van der Waals surface area contributed by atoms with Crippen molar-refractivity contribution in [1.82, 2.24) is 0 Å². The van der Waals surface area contributed by atoms with Crippen LogP contribution in [-0.4, -0.2) is 19.2 Å². The van der Waals surface area contributed by atoms with Gasteiger partial charge in [-0.05, 0) is 32.9 Å². The van der Waals surface area contributed by atoms with Crippen LogP contribution in [0, 0.1) is 6.92 Å². The summed E-state index contributed by atoms with van der Waals surface area (Å²) in [4.78, 5) is 0. The van der Waals surface area contributed by atoms with Crippen molar-refractivity contribution in [1.29, 1.82) is 0 Å². The summed E-state index contributed by atoms with van der Waals surface area (Å²) >= 11 is 0. The minimum absolute atomic E-state index is 0.544. The Morgan fingerprint density at radius 3 is 1.94 bits per heavy atom. The Hall–Kier alpha value is -1.06. The Bertz CT molecular complexity index is 299. The topological polar surface area (TPSA) is 27.7 Å². The average Bonchev–Trinajstić information content (AvgIpc) is 2.22. The maximum atomic E-state index is 5.69. The lowest BCUT2D eigenvalue weighted by Crippen LogP contribution is -2.39. The van der Waals surface area contributed by atoms with E-state index < -0.39 is 5.97 Å². The molecule has 0 bridgehead atoms. The summed E-state index contributed by atoms with van der Waals surface area (Å²) < 4.78 is 16.6. The van der Waals surface area contributed by atoms with E-state index in [1.54, 1.807) is 6.92 Å². The van der Waals surface area contributed by atoms with Crippen molar-refractivity contribution in [2.24, 2.45) is 0 Å². The van der Waals surface area contributed by atoms with Crippen LogP contribution in [0.1, 0.15) is 26.3 Å². The molecule has 1 aromatic rings. The molecule has 0 saturated carbocycles. The van der Waals surface area contributed by atoms with Gasteiger partial charge in [-0.15, -0.1) is 0 Å². The van der Waals surface area contributed by atoms with Gasteiger partial charge < -0.3 is 14.2 Å². The molecule has 0 N–H and O–H groups in total. The van der Waals surface area contributed by atoms with E-state index in [2.05, 4.69) is 0 Å². The molecular formula is C13H20O3. The number of ether oxygens (including phenoxy) is 3. The van der Waals surface area contributed by atoms with Gasteiger partial charge in [0.15, 0.2) is 0 Å². The highest BCUT2D eigenvalue weighted by Gasteiger charge is 2.27. The molecule has 0 saturated heterocycles. The number of benzene rings is 1. The summed E-state index contributed by atoms with van der Waals surface area (Å²) in [5.41, 5.74) is 1.20. The highest BCUT2D eigenvalue weighted by atomic mass is 16.9. The van der Waals surface area contributed by atoms with E-state index in [1.165, 1.54) is 5.56 Å². The summed E-state index contributed by atoms with van der Waals surface area (Å²) in [6.45, 7) is 8.73. The molecule has 0 heterocycles. The molecule has 1 rings (SSSR count). The Kier molecular flexibility index (Phi) is 4.77. The van der Waals surface area contributed by atoms with E-state index in [-0.39, 0.29) is 0 Å². The van der Waals surface area contributed by atoms with Gasteiger partial charge in [0.1, 0.15) is 5.75 Å². The highest BCUT2D eigenvalue weighted by Crippen LogP contribution is 2.21. The van der Waals surface area contributed by atoms with Crippen LogP contribution in [0.5, 0.6) is 5.75 Å². The first kappa shape index (κ1) is 13.0. The zero-order valence-corrected chi connectivity index (χ0v) is 10.4. The van der Waals surface area contributed by atoms with Crippen molar-refractivity contribution in [3.05, 3.63) is 29.8 Å². The van der Waals surface area contributed by atoms with Crippen LogP contribution < -0.4 is 4.74 Å². The van der Waals surface area contributed by atoms with Crippen LogP contribution in [0.3, 0.4) is 0 Å². The Balaban J connectivity index is 2.70. The fraction of sp³-hybridized carbons (Fsp3) is 0.538. The predicted octanol–water partition coefficient (Wildman–Crippen LogP) is 3.12. The van der Waals surface area contributed by atoms with Gasteiger partial charge in [0, 0.05) is 6.92 Å². The third kappa shape index (κ3) is 3.83. The molecule has 1 aromatic carbocycles. The lowest BCUT2D eigenvalue weighted by Gasteiger charge is -2.29. The number of rotatable bonds is 6. The van der Waals surface area contributed by atoms with Crippen molar-refractivity contribution < 1.29 is 14.2 Å². The summed E-state index contributed by atoms with van der Waals surface area (Å²) in [5, 5.41) is 0. The lowest BCUT2D eigenvalue weighted by atomic mass is 10.2. The Morgan fingerprint density at radius 1 is 1.00 bits per heavy atom. The lowest BCUT2D eigenvalue weighted by molar-refractivity contribution is -0.328. The summed E-state index contributed by atoms with van der Waals surface area (Å²) in [7, 11) is 0. The van der Waals surface area contributed by atoms with Crippen LogP contribution in [0.4, 0.5) is 0 Å². The fourth-order valence-corrected chi connectivity index (χ4v) is 1.45. The van der Waals surface area contributed by atoms with E-state index >= 15 is 0 Å². The van der Waals surface area contributed by atoms with Gasteiger partial charge in [0.05, 0.1) is 13.2 Å². The van der Waals surface area contributed by atoms with E-state index in [4.69, 9.17) is 14.2 Å². The quantitative estimate of drug-likeness (QED) is 0.695. The second-order valence-corrected chi connectivity index (χ2v) is 3.64. The minimum Gasteiger partial charge on any atom is -0.439 e. The normalized spacial score (nSPS) is 11.5. The van der Waals surface area contributed by atoms with Gasteiger partial charge in [-0.3, -0.25) is 0 Å². The maximum absolute atomic E-state index is 5.69. The first-order valence-corrected chi connectivity index (χ1v) is 5.63. The van der Waals surface area contributed by atoms with Gasteiger partial charge in [-0.25, -0.2) is 0 Å². The molecule has 90 valence electrons. The second kappa shape index (κ2) is 5.87. The third-order valence-corrected chi connectivity index (χ3v) is 2.14. The predicted molar refractivity (Wildman–Crippen MR) is 63.5 cm³/mol. The van der Waals surface area contributed by atoms with Gasteiger partial charge >= 0.3 is 5.97 Å². The van der Waals surface area contributed by atoms with E-state index in [0.29, 0.717) is 13.2 Å². The average molecular weight is 224 g/mol. The van der Waals surface area contributed by atoms with Crippen molar-refractivity contribution in [2.45, 2.75) is 33.7 Å². The monoisotopic (exact) mass is 224 g/mol. The van der Waals surface area contributed by atoms with Crippen molar-refractivity contribution in [2.75, 3.05) is 13.2 Å². The van der Waals surface area contributed by atoms with Crippen molar-refractivity contribution in [3.63, 3.8) is 0 Å². The standard InChI is InChI=1S/C13H20O3/c1-5-14-13(4,15-6-2)16-12-9-7-11(3)8-10-12/h7-10H,5-6H2,1-4H3. The first-order chi connectivity index (χ1) is 7.59. The van der Waals surface area contributed by atoms with Crippen molar-refractivity contribution >= 4 is 0 Å². The van der Waals surface area contributed by atoms with Crippen LogP contribution in [0.2, 0.25) is 0 Å². The SMILES string of the molecule is CCOC(C)(OCC)Oc1ccc(C)cc1. The van der Waals surface area contributed by atoms with Crippen LogP contribution in [0.15, 0.2) is 24.3 Å². The number of hydrogen-bond acceptors (Lipinski definition) is 3. The first-order valence-electron chi connectivity index (χ1n) is 5.63. The molecule has 0 unspecified atom stereocenters. The molecule has 3 nitrogen and oxygen atoms in total. The van der Waals surface area contributed by atoms with Crippen LogP contribution >= 0.6 is 0 Å². The Labute approximate surface area is 97.3 Å². The Morgan fingerprint density at radius 2 is 1.50 bits per heavy atom. The summed E-state index contributed by atoms with van der Waals surface area (Å²) in [5.74, 6) is -0.256. The zero-order valence-electron chi connectivity index (χ0n) is 10.4. The molecular weight excluding hydrogens is 204 g/mol. The van der Waals surface area contributed by atoms with Gasteiger partial charge in [-0.1, -0.05) is 17.7 Å². The van der Waals surface area contributed by atoms with E-state index in [0.717, 1.165) is 5.75 Å². The molecule has 0 aromatic heterocycles. The molecule has 0 radical (unpaired) electrons. The summed E-state index contributed by atoms with van der Waals surface area (Å²) in [6.07, 6.45) is 0.